The smallest absolute Gasteiger partial charge is 0.380 e. The zero-order valence-electron chi connectivity index (χ0n) is 14.3. The van der Waals surface area contributed by atoms with Crippen molar-refractivity contribution in [3.8, 4) is 5.69 Å². The number of aliphatic hydroxyl groups excluding tert-OH is 1. The molecule has 1 aliphatic carbocycles. The van der Waals surface area contributed by atoms with Crippen molar-refractivity contribution in [3.63, 3.8) is 0 Å². The van der Waals surface area contributed by atoms with Crippen molar-refractivity contribution in [2.75, 3.05) is 0 Å². The Hall–Kier alpha value is -2.72. The molecule has 5 rings (SSSR count). The fourth-order valence-electron chi connectivity index (χ4n) is 3.22. The van der Waals surface area contributed by atoms with Gasteiger partial charge in [-0.1, -0.05) is 11.3 Å². The first kappa shape index (κ1) is 17.4. The van der Waals surface area contributed by atoms with Crippen molar-refractivity contribution < 1.29 is 18.3 Å². The summed E-state index contributed by atoms with van der Waals surface area (Å²) in [5, 5.41) is 18.9. The van der Waals surface area contributed by atoms with Gasteiger partial charge in [-0.25, -0.2) is 9.67 Å². The van der Waals surface area contributed by atoms with E-state index < -0.39 is 17.8 Å². The Labute approximate surface area is 160 Å². The van der Waals surface area contributed by atoms with E-state index >= 15 is 0 Å². The molecule has 3 heterocycles. The topological polar surface area (TPSA) is 68.2 Å². The van der Waals surface area contributed by atoms with Crippen LogP contribution in [0.3, 0.4) is 0 Å². The van der Waals surface area contributed by atoms with Crippen LogP contribution in [0.15, 0.2) is 43.0 Å². The molecule has 6 nitrogen and oxygen atoms in total. The molecule has 10 heteroatoms. The molecule has 0 amide bonds. The summed E-state index contributed by atoms with van der Waals surface area (Å²) in [6.07, 6.45) is 1.51. The van der Waals surface area contributed by atoms with Crippen LogP contribution in [-0.2, 0) is 6.18 Å². The summed E-state index contributed by atoms with van der Waals surface area (Å²) in [6.45, 7) is 0. The van der Waals surface area contributed by atoms with Crippen LogP contribution in [0.25, 0.3) is 10.5 Å². The highest BCUT2D eigenvalue weighted by Gasteiger charge is 2.34. The third-order valence-corrected chi connectivity index (χ3v) is 6.04. The van der Waals surface area contributed by atoms with Gasteiger partial charge in [-0.15, -0.1) is 16.4 Å². The van der Waals surface area contributed by atoms with Crippen molar-refractivity contribution in [1.82, 2.24) is 24.4 Å². The van der Waals surface area contributed by atoms with Gasteiger partial charge in [0.2, 0.25) is 0 Å². The van der Waals surface area contributed by atoms with Gasteiger partial charge in [0.25, 0.3) is 0 Å². The number of alkyl halides is 3. The third kappa shape index (κ3) is 2.89. The summed E-state index contributed by atoms with van der Waals surface area (Å²) in [6, 6.07) is 4.82. The molecular formula is C18H14F3N5OS. The summed E-state index contributed by atoms with van der Waals surface area (Å²) in [7, 11) is 0. The van der Waals surface area contributed by atoms with E-state index in [4.69, 9.17) is 0 Å². The van der Waals surface area contributed by atoms with Crippen LogP contribution in [0.2, 0.25) is 0 Å². The van der Waals surface area contributed by atoms with Gasteiger partial charge >= 0.3 is 6.18 Å². The molecule has 0 aliphatic heterocycles. The fraction of sp³-hybridized carbons (Fsp3) is 0.278. The number of hydrogen-bond acceptors (Lipinski definition) is 5. The number of aliphatic hydroxyl groups is 1. The number of benzene rings is 1. The van der Waals surface area contributed by atoms with Gasteiger partial charge in [0, 0.05) is 4.88 Å². The third-order valence-electron chi connectivity index (χ3n) is 4.77. The van der Waals surface area contributed by atoms with E-state index in [2.05, 4.69) is 15.3 Å². The predicted octanol–water partition coefficient (Wildman–Crippen LogP) is 3.95. The second-order valence-corrected chi connectivity index (χ2v) is 7.83. The normalized spacial score (nSPS) is 16.0. The molecular weight excluding hydrogens is 391 g/mol. The molecule has 1 N–H and O–H groups in total. The standard InChI is InChI=1S/C18H14F3N5OS/c19-18(20,21)11-2-1-3-12(6-11)26-8-13(23-24-26)16(27)15-17(10-4-5-10)28-14-7-22-9-25(14)15/h1-3,6-10,16,27H,4-5H2. The van der Waals surface area contributed by atoms with E-state index in [1.54, 1.807) is 23.9 Å². The Morgan fingerprint density at radius 3 is 2.82 bits per heavy atom. The maximum atomic E-state index is 13.0. The van der Waals surface area contributed by atoms with E-state index in [1.165, 1.54) is 23.0 Å². The first-order valence-corrected chi connectivity index (χ1v) is 9.46. The van der Waals surface area contributed by atoms with Crippen molar-refractivity contribution in [2.24, 2.45) is 0 Å². The van der Waals surface area contributed by atoms with Gasteiger partial charge in [-0.05, 0) is 37.0 Å². The molecule has 28 heavy (non-hydrogen) atoms. The molecule has 0 saturated heterocycles. The monoisotopic (exact) mass is 405 g/mol. The fourth-order valence-corrected chi connectivity index (χ4v) is 4.52. The van der Waals surface area contributed by atoms with Crippen LogP contribution < -0.4 is 0 Å². The van der Waals surface area contributed by atoms with E-state index in [9.17, 15) is 18.3 Å². The summed E-state index contributed by atoms with van der Waals surface area (Å²) in [5.41, 5.74) is 0.432. The zero-order chi connectivity index (χ0) is 19.5. The highest BCUT2D eigenvalue weighted by Crippen LogP contribution is 2.47. The van der Waals surface area contributed by atoms with Gasteiger partial charge < -0.3 is 5.11 Å². The first-order valence-electron chi connectivity index (χ1n) is 8.64. The van der Waals surface area contributed by atoms with Crippen LogP contribution in [0.1, 0.15) is 46.7 Å². The predicted molar refractivity (Wildman–Crippen MR) is 95.5 cm³/mol. The molecule has 144 valence electrons. The van der Waals surface area contributed by atoms with Crippen LogP contribution in [0.5, 0.6) is 0 Å². The Bertz CT molecular complexity index is 1160. The van der Waals surface area contributed by atoms with Crippen LogP contribution in [0, 0.1) is 0 Å². The summed E-state index contributed by atoms with van der Waals surface area (Å²) in [4.78, 5) is 6.15. The first-order chi connectivity index (χ1) is 13.4. The zero-order valence-corrected chi connectivity index (χ0v) is 15.2. The maximum Gasteiger partial charge on any atom is 0.416 e. The molecule has 1 unspecified atom stereocenters. The lowest BCUT2D eigenvalue weighted by Gasteiger charge is -2.10. The number of thiazole rings is 1. The number of rotatable bonds is 4. The van der Waals surface area contributed by atoms with E-state index in [1.807, 2.05) is 4.40 Å². The lowest BCUT2D eigenvalue weighted by Crippen LogP contribution is -2.06. The molecule has 1 atom stereocenters. The minimum Gasteiger partial charge on any atom is -0.380 e. The maximum absolute atomic E-state index is 13.0. The summed E-state index contributed by atoms with van der Waals surface area (Å²) >= 11 is 1.59. The Kier molecular flexibility index (Phi) is 3.81. The second-order valence-electron chi connectivity index (χ2n) is 6.77. The quantitative estimate of drug-likeness (QED) is 0.558. The van der Waals surface area contributed by atoms with Crippen molar-refractivity contribution >= 4 is 16.2 Å². The number of halogens is 3. The summed E-state index contributed by atoms with van der Waals surface area (Å²) < 4.78 is 41.9. The lowest BCUT2D eigenvalue weighted by molar-refractivity contribution is -0.137. The SMILES string of the molecule is OC(c1cn(-c2cccc(C(F)(F)F)c2)nn1)c1c(C2CC2)sc2cncn12. The number of nitrogens with zero attached hydrogens (tertiary/aromatic N) is 5. The van der Waals surface area contributed by atoms with Gasteiger partial charge in [-0.2, -0.15) is 13.2 Å². The number of hydrogen-bond donors (Lipinski definition) is 1. The van der Waals surface area contributed by atoms with Crippen molar-refractivity contribution in [2.45, 2.75) is 31.0 Å². The minimum atomic E-state index is -4.44. The minimum absolute atomic E-state index is 0.223. The van der Waals surface area contributed by atoms with Gasteiger partial charge in [-0.3, -0.25) is 4.40 Å². The van der Waals surface area contributed by atoms with Crippen LogP contribution in [-0.4, -0.2) is 29.5 Å². The van der Waals surface area contributed by atoms with Gasteiger partial charge in [0.1, 0.15) is 23.0 Å². The Morgan fingerprint density at radius 2 is 2.07 bits per heavy atom. The average molecular weight is 405 g/mol. The molecule has 0 bridgehead atoms. The van der Waals surface area contributed by atoms with Crippen molar-refractivity contribution in [1.29, 1.82) is 0 Å². The number of imidazole rings is 1. The molecule has 1 aromatic carbocycles. The van der Waals surface area contributed by atoms with E-state index in [0.29, 0.717) is 11.6 Å². The van der Waals surface area contributed by atoms with E-state index in [0.717, 1.165) is 34.7 Å². The van der Waals surface area contributed by atoms with Crippen LogP contribution >= 0.6 is 11.3 Å². The average Bonchev–Trinajstić information content (AvgIpc) is 3.07. The molecule has 1 fully saturated rings. The highest BCUT2D eigenvalue weighted by molar-refractivity contribution is 7.17. The molecule has 0 radical (unpaired) electrons. The van der Waals surface area contributed by atoms with E-state index in [-0.39, 0.29) is 11.4 Å². The Morgan fingerprint density at radius 1 is 1.25 bits per heavy atom. The largest absolute Gasteiger partial charge is 0.416 e. The Balaban J connectivity index is 1.52. The molecule has 1 aliphatic rings. The molecule has 0 spiro atoms. The molecule has 4 aromatic rings. The summed E-state index contributed by atoms with van der Waals surface area (Å²) in [5.74, 6) is 0.424. The van der Waals surface area contributed by atoms with Gasteiger partial charge in [0.05, 0.1) is 29.3 Å². The molecule has 1 saturated carbocycles. The second kappa shape index (κ2) is 6.14. The number of aromatic nitrogens is 5. The molecule has 3 aromatic heterocycles. The van der Waals surface area contributed by atoms with Crippen molar-refractivity contribution in [3.05, 3.63) is 64.8 Å². The lowest BCUT2D eigenvalue weighted by atomic mass is 10.1. The number of fused-ring (bicyclic) bond motifs is 1. The van der Waals surface area contributed by atoms with Gasteiger partial charge in [0.15, 0.2) is 0 Å². The van der Waals surface area contributed by atoms with Crippen LogP contribution in [0.4, 0.5) is 13.2 Å². The highest BCUT2D eigenvalue weighted by atomic mass is 32.1.